The van der Waals surface area contributed by atoms with Gasteiger partial charge in [0.15, 0.2) is 0 Å². The first-order valence-electron chi connectivity index (χ1n) is 38.0. The van der Waals surface area contributed by atoms with Crippen LogP contribution in [0, 0.1) is 0 Å². The quantitative estimate of drug-likeness (QED) is 0.0247. The van der Waals surface area contributed by atoms with Crippen LogP contribution < -0.4 is 0 Å². The molecule has 0 saturated carbocycles. The number of rotatable bonds is 58. The van der Waals surface area contributed by atoms with Gasteiger partial charge in [-0.2, -0.15) is 0 Å². The third-order valence-corrected chi connectivity index (χ3v) is 21.0. The predicted octanol–water partition coefficient (Wildman–Crippen LogP) is 25.6. The molecule has 0 saturated heterocycles. The van der Waals surface area contributed by atoms with Crippen LogP contribution in [0.2, 0.25) is 0 Å². The van der Waals surface area contributed by atoms with E-state index in [1.54, 1.807) is 0 Å². The largest absolute Gasteiger partial charge is 2.00 e. The molecule has 89 heavy (non-hydrogen) atoms. The van der Waals surface area contributed by atoms with E-state index in [0.717, 1.165) is 73.3 Å². The number of unbranched alkanes of at least 4 members (excludes halogenated alkanes) is 48. The maximum atomic E-state index is 12.4. The van der Waals surface area contributed by atoms with Gasteiger partial charge in [-0.3, -0.25) is 0 Å². The monoisotopic (exact) mass is 1390 g/mol. The molecule has 0 radical (unpaired) electrons. The smallest absolute Gasteiger partial charge is 0.744 e. The van der Waals surface area contributed by atoms with Gasteiger partial charge in [0.2, 0.25) is 0 Å². The average molecular weight is 1390 g/mol. The number of benzene rings is 4. The molecule has 4 aromatic carbocycles. The van der Waals surface area contributed by atoms with Crippen molar-refractivity contribution in [2.24, 2.45) is 0 Å². The Morgan fingerprint density at radius 2 is 0.393 bits per heavy atom. The van der Waals surface area contributed by atoms with E-state index in [2.05, 4.69) is 39.8 Å². The van der Waals surface area contributed by atoms with Gasteiger partial charge in [-0.05, 0) is 95.2 Å². The van der Waals surface area contributed by atoms with Crippen LogP contribution in [0.5, 0.6) is 0 Å². The Labute approximate surface area is 591 Å². The zero-order valence-electron chi connectivity index (χ0n) is 58.3. The van der Waals surface area contributed by atoms with Gasteiger partial charge in [0, 0.05) is 0 Å². The van der Waals surface area contributed by atoms with Crippen molar-refractivity contribution in [2.45, 2.75) is 397 Å². The molecular formula is C80H134BaO6S2. The first-order chi connectivity index (χ1) is 43.0. The number of aryl methyl sites for hydroxylation is 4. The maximum Gasteiger partial charge on any atom is 2.00 e. The Kier molecular flexibility index (Phi) is 52.8. The normalized spacial score (nSPS) is 11.8. The third kappa shape index (κ3) is 40.1. The van der Waals surface area contributed by atoms with Gasteiger partial charge in [-0.25, -0.2) is 16.8 Å². The molecule has 9 heteroatoms. The Morgan fingerprint density at radius 1 is 0.236 bits per heavy atom. The van der Waals surface area contributed by atoms with Gasteiger partial charge in [0.1, 0.15) is 20.2 Å². The Hall–Kier alpha value is -1.21. The topological polar surface area (TPSA) is 114 Å². The van der Waals surface area contributed by atoms with Crippen LogP contribution in [0.15, 0.2) is 70.5 Å². The van der Waals surface area contributed by atoms with Gasteiger partial charge >= 0.3 is 48.9 Å². The molecule has 0 amide bonds. The van der Waals surface area contributed by atoms with Gasteiger partial charge < -0.3 is 9.11 Å². The molecule has 0 aliphatic heterocycles. The van der Waals surface area contributed by atoms with E-state index in [1.165, 1.54) is 306 Å². The van der Waals surface area contributed by atoms with E-state index < -0.39 is 20.2 Å². The number of hydrogen-bond donors (Lipinski definition) is 0. The molecule has 4 rings (SSSR count). The van der Waals surface area contributed by atoms with Gasteiger partial charge in [-0.1, -0.05) is 397 Å². The summed E-state index contributed by atoms with van der Waals surface area (Å²) in [4.78, 5) is 0.0577. The second-order valence-electron chi connectivity index (χ2n) is 27.0. The fraction of sp³-hybridized carbons (Fsp3) is 0.750. The Morgan fingerprint density at radius 3 is 0.573 bits per heavy atom. The Balaban J connectivity index is 0.000000600. The molecule has 4 aromatic rings. The number of hydrogen-bond acceptors (Lipinski definition) is 6. The first kappa shape index (κ1) is 83.9. The van der Waals surface area contributed by atoms with Crippen LogP contribution in [-0.4, -0.2) is 74.8 Å². The molecule has 0 aliphatic rings. The molecule has 0 atom stereocenters. The van der Waals surface area contributed by atoms with Crippen LogP contribution >= 0.6 is 0 Å². The molecule has 6 nitrogen and oxygen atoms in total. The summed E-state index contributed by atoms with van der Waals surface area (Å²) in [7, 11) is -9.09. The van der Waals surface area contributed by atoms with Crippen molar-refractivity contribution in [3.8, 4) is 0 Å². The summed E-state index contributed by atoms with van der Waals surface area (Å²) in [6.07, 6.45) is 71.3. The van der Waals surface area contributed by atoms with Crippen LogP contribution in [0.3, 0.4) is 0 Å². The van der Waals surface area contributed by atoms with Crippen molar-refractivity contribution in [3.05, 3.63) is 82.9 Å². The van der Waals surface area contributed by atoms with Crippen molar-refractivity contribution < 1.29 is 25.9 Å². The van der Waals surface area contributed by atoms with E-state index in [1.807, 2.05) is 48.5 Å². The van der Waals surface area contributed by atoms with E-state index in [0.29, 0.717) is 23.6 Å². The minimum absolute atomic E-state index is 0. The van der Waals surface area contributed by atoms with Crippen LogP contribution in [0.4, 0.5) is 0 Å². The minimum atomic E-state index is -4.54. The molecule has 0 heterocycles. The standard InChI is InChI=1S/2C40H68O3S.Ba/c2*1-3-5-7-9-11-13-15-17-19-21-23-25-27-31-36-35-37(40(44(41,42)43)39-34-30-29-33-38(36)39)32-28-26-24-22-20-18-16-14-12-10-8-6-4-2;/h2*29-30,33-35H,3-28,31-32H2,1-2H3,(H,41,42,43);/q;;+2/p-2. The summed E-state index contributed by atoms with van der Waals surface area (Å²) >= 11 is 0. The molecule has 0 aliphatic carbocycles. The second-order valence-corrected chi connectivity index (χ2v) is 29.7. The third-order valence-electron chi connectivity index (χ3n) is 19.0. The summed E-state index contributed by atoms with van der Waals surface area (Å²) in [5, 5.41) is 3.13. The zero-order chi connectivity index (χ0) is 63.4. The molecule has 0 N–H and O–H groups in total. The van der Waals surface area contributed by atoms with Crippen LogP contribution in [0.25, 0.3) is 21.5 Å². The van der Waals surface area contributed by atoms with E-state index in [9.17, 15) is 25.9 Å². The van der Waals surface area contributed by atoms with E-state index >= 15 is 0 Å². The van der Waals surface area contributed by atoms with E-state index in [-0.39, 0.29) is 58.7 Å². The van der Waals surface area contributed by atoms with Crippen LogP contribution in [-0.2, 0) is 45.9 Å². The zero-order valence-corrected chi connectivity index (χ0v) is 64.4. The van der Waals surface area contributed by atoms with Gasteiger partial charge in [0.25, 0.3) is 0 Å². The average Bonchev–Trinajstić information content (AvgIpc) is 0.948. The molecule has 0 unspecified atom stereocenters. The maximum absolute atomic E-state index is 12.4. The second kappa shape index (κ2) is 56.0. The number of fused-ring (bicyclic) bond motifs is 2. The van der Waals surface area contributed by atoms with Gasteiger partial charge in [-0.15, -0.1) is 0 Å². The summed E-state index contributed by atoms with van der Waals surface area (Å²) < 4.78 is 74.7. The fourth-order valence-corrected chi connectivity index (χ4v) is 15.5. The van der Waals surface area contributed by atoms with Crippen molar-refractivity contribution >= 4 is 90.7 Å². The minimum Gasteiger partial charge on any atom is -0.744 e. The summed E-state index contributed by atoms with van der Waals surface area (Å²) in [6.45, 7) is 9.09. The van der Waals surface area contributed by atoms with Crippen molar-refractivity contribution in [1.29, 1.82) is 0 Å². The molecule has 0 bridgehead atoms. The molecule has 0 spiro atoms. The molecule has 0 fully saturated rings. The van der Waals surface area contributed by atoms with Crippen molar-refractivity contribution in [3.63, 3.8) is 0 Å². The van der Waals surface area contributed by atoms with E-state index in [4.69, 9.17) is 0 Å². The molecule has 504 valence electrons. The fourth-order valence-electron chi connectivity index (χ4n) is 13.7. The van der Waals surface area contributed by atoms with Gasteiger partial charge in [0.05, 0.1) is 9.79 Å². The molecule has 0 aromatic heterocycles. The summed E-state index contributed by atoms with van der Waals surface area (Å²) in [5.41, 5.74) is 3.90. The first-order valence-corrected chi connectivity index (χ1v) is 40.8. The van der Waals surface area contributed by atoms with Crippen LogP contribution in [0.1, 0.15) is 384 Å². The predicted molar refractivity (Wildman–Crippen MR) is 387 cm³/mol. The molecular weight excluding hydrogens is 1260 g/mol. The van der Waals surface area contributed by atoms with Crippen molar-refractivity contribution in [2.75, 3.05) is 0 Å². The Bertz CT molecular complexity index is 2370. The van der Waals surface area contributed by atoms with Crippen molar-refractivity contribution in [1.82, 2.24) is 0 Å². The SMILES string of the molecule is CCCCCCCCCCCCCCCc1cc(CCCCCCCCCCCCCCC)c2ccccc2c1S(=O)(=O)[O-].CCCCCCCCCCCCCCCc1cc(CCCCCCCCCCCCCCC)c2ccccc2c1S(=O)(=O)[O-].[Ba+2]. The summed E-state index contributed by atoms with van der Waals surface area (Å²) in [6, 6.07) is 19.4. The summed E-state index contributed by atoms with van der Waals surface area (Å²) in [5.74, 6) is 0.